The van der Waals surface area contributed by atoms with E-state index in [-0.39, 0.29) is 23.5 Å². The Labute approximate surface area is 137 Å². The number of hydrogen-bond acceptors (Lipinski definition) is 7. The molecule has 1 aromatic heterocycles. The van der Waals surface area contributed by atoms with Crippen molar-refractivity contribution in [1.82, 2.24) is 9.36 Å². The highest BCUT2D eigenvalue weighted by Gasteiger charge is 2.14. The van der Waals surface area contributed by atoms with E-state index >= 15 is 0 Å². The first-order valence-corrected chi connectivity index (χ1v) is 7.83. The van der Waals surface area contributed by atoms with Crippen molar-refractivity contribution in [2.45, 2.75) is 19.8 Å². The Bertz CT molecular complexity index is 670. The summed E-state index contributed by atoms with van der Waals surface area (Å²) in [6, 6.07) is 7.62. The first-order valence-electron chi connectivity index (χ1n) is 7.06. The molecule has 0 spiro atoms. The third-order valence-electron chi connectivity index (χ3n) is 2.87. The van der Waals surface area contributed by atoms with Gasteiger partial charge in [0.25, 0.3) is 11.7 Å². The Morgan fingerprint density at radius 1 is 1.26 bits per heavy atom. The summed E-state index contributed by atoms with van der Waals surface area (Å²) in [6.45, 7) is 1.97. The van der Waals surface area contributed by atoms with E-state index in [1.165, 1.54) is 12.7 Å². The van der Waals surface area contributed by atoms with Crippen LogP contribution in [0.25, 0.3) is 0 Å². The second-order valence-corrected chi connectivity index (χ2v) is 5.40. The van der Waals surface area contributed by atoms with Crippen molar-refractivity contribution >= 4 is 28.5 Å². The van der Waals surface area contributed by atoms with Gasteiger partial charge in [0.2, 0.25) is 5.13 Å². The molecule has 0 saturated heterocycles. The standard InChI is InChI=1S/C15H17N3O4S/c1-3-4-10-5-7-11(8-6-10)22-9-12(19)16-15-17-13(18-23-15)14(20)21-2/h5-8H,3-4,9H2,1-2H3,(H,16,17,18,19). The van der Waals surface area contributed by atoms with Crippen molar-refractivity contribution in [3.05, 3.63) is 35.7 Å². The highest BCUT2D eigenvalue weighted by atomic mass is 32.1. The fourth-order valence-electron chi connectivity index (χ4n) is 1.79. The summed E-state index contributed by atoms with van der Waals surface area (Å²) in [5, 5.41) is 2.74. The summed E-state index contributed by atoms with van der Waals surface area (Å²) < 4.78 is 13.7. The lowest BCUT2D eigenvalue weighted by atomic mass is 10.1. The smallest absolute Gasteiger partial charge is 0.377 e. The van der Waals surface area contributed by atoms with E-state index in [9.17, 15) is 9.59 Å². The SMILES string of the molecule is CCCc1ccc(OCC(=O)Nc2nc(C(=O)OC)ns2)cc1. The van der Waals surface area contributed by atoms with E-state index in [4.69, 9.17) is 4.74 Å². The topological polar surface area (TPSA) is 90.4 Å². The van der Waals surface area contributed by atoms with E-state index in [0.717, 1.165) is 24.4 Å². The molecule has 0 aliphatic carbocycles. The van der Waals surface area contributed by atoms with Crippen LogP contribution in [0.15, 0.2) is 24.3 Å². The van der Waals surface area contributed by atoms with Crippen molar-refractivity contribution in [3.8, 4) is 5.75 Å². The van der Waals surface area contributed by atoms with Gasteiger partial charge in [0.05, 0.1) is 7.11 Å². The summed E-state index contributed by atoms with van der Waals surface area (Å²) in [5.74, 6) is -0.492. The van der Waals surface area contributed by atoms with Gasteiger partial charge in [-0.05, 0) is 24.1 Å². The number of nitrogens with one attached hydrogen (secondary N) is 1. The predicted molar refractivity (Wildman–Crippen MR) is 85.8 cm³/mol. The van der Waals surface area contributed by atoms with E-state index in [1.54, 1.807) is 0 Å². The number of benzene rings is 1. The number of methoxy groups -OCH3 is 1. The molecule has 8 heteroatoms. The maximum atomic E-state index is 11.8. The molecule has 0 radical (unpaired) electrons. The van der Waals surface area contributed by atoms with Crippen LogP contribution in [0.5, 0.6) is 5.75 Å². The van der Waals surface area contributed by atoms with Gasteiger partial charge in [-0.1, -0.05) is 25.5 Å². The molecule has 1 amide bonds. The Morgan fingerprint density at radius 3 is 2.65 bits per heavy atom. The minimum Gasteiger partial charge on any atom is -0.484 e. The number of hydrogen-bond donors (Lipinski definition) is 1. The van der Waals surface area contributed by atoms with Gasteiger partial charge in [-0.3, -0.25) is 10.1 Å². The third-order valence-corrected chi connectivity index (χ3v) is 3.50. The Kier molecular flexibility index (Phi) is 6.04. The Balaban J connectivity index is 1.82. The number of nitrogens with zero attached hydrogens (tertiary/aromatic N) is 2. The van der Waals surface area contributed by atoms with Crippen LogP contribution >= 0.6 is 11.5 Å². The quantitative estimate of drug-likeness (QED) is 0.781. The van der Waals surface area contributed by atoms with Crippen LogP contribution in [-0.2, 0) is 16.0 Å². The molecule has 0 aliphatic rings. The van der Waals surface area contributed by atoms with Gasteiger partial charge in [-0.25, -0.2) is 4.79 Å². The zero-order chi connectivity index (χ0) is 16.7. The lowest BCUT2D eigenvalue weighted by Crippen LogP contribution is -2.20. The molecular weight excluding hydrogens is 318 g/mol. The van der Waals surface area contributed by atoms with Gasteiger partial charge in [0.1, 0.15) is 5.75 Å². The second-order valence-electron chi connectivity index (χ2n) is 4.65. The number of aromatic nitrogens is 2. The number of anilines is 1. The number of carbonyl (C=O) groups is 2. The molecule has 23 heavy (non-hydrogen) atoms. The number of aryl methyl sites for hydroxylation is 1. The molecule has 2 rings (SSSR count). The molecule has 0 aliphatic heterocycles. The summed E-state index contributed by atoms with van der Waals surface area (Å²) in [6.07, 6.45) is 2.10. The van der Waals surface area contributed by atoms with Gasteiger partial charge in [0, 0.05) is 11.5 Å². The van der Waals surface area contributed by atoms with Crippen molar-refractivity contribution < 1.29 is 19.1 Å². The van der Waals surface area contributed by atoms with Crippen molar-refractivity contribution in [2.75, 3.05) is 19.0 Å². The molecule has 1 aromatic carbocycles. The largest absolute Gasteiger partial charge is 0.484 e. The molecule has 7 nitrogen and oxygen atoms in total. The zero-order valence-corrected chi connectivity index (χ0v) is 13.7. The first kappa shape index (κ1) is 16.9. The molecule has 122 valence electrons. The van der Waals surface area contributed by atoms with Crippen molar-refractivity contribution in [2.24, 2.45) is 0 Å². The number of esters is 1. The van der Waals surface area contributed by atoms with Gasteiger partial charge in [-0.15, -0.1) is 0 Å². The molecule has 0 saturated carbocycles. The van der Waals surface area contributed by atoms with Crippen LogP contribution in [-0.4, -0.2) is 35.0 Å². The minimum atomic E-state index is -0.648. The summed E-state index contributed by atoms with van der Waals surface area (Å²) >= 11 is 0.901. The van der Waals surface area contributed by atoms with Crippen LogP contribution in [0.4, 0.5) is 5.13 Å². The normalized spacial score (nSPS) is 10.2. The lowest BCUT2D eigenvalue weighted by Gasteiger charge is -2.06. The Morgan fingerprint density at radius 2 is 2.00 bits per heavy atom. The van der Waals surface area contributed by atoms with Crippen LogP contribution in [0, 0.1) is 0 Å². The van der Waals surface area contributed by atoms with E-state index in [1.807, 2.05) is 24.3 Å². The highest BCUT2D eigenvalue weighted by molar-refractivity contribution is 7.10. The van der Waals surface area contributed by atoms with E-state index in [2.05, 4.69) is 26.3 Å². The first-order chi connectivity index (χ1) is 11.1. The predicted octanol–water partition coefficient (Wildman–Crippen LogP) is 2.29. The monoisotopic (exact) mass is 335 g/mol. The number of carbonyl (C=O) groups excluding carboxylic acids is 2. The molecular formula is C15H17N3O4S. The fraction of sp³-hybridized carbons (Fsp3) is 0.333. The molecule has 1 heterocycles. The van der Waals surface area contributed by atoms with Gasteiger partial charge >= 0.3 is 5.97 Å². The van der Waals surface area contributed by atoms with Crippen LogP contribution in [0.3, 0.4) is 0 Å². The molecule has 1 N–H and O–H groups in total. The van der Waals surface area contributed by atoms with Crippen LogP contribution in [0.1, 0.15) is 29.5 Å². The number of rotatable bonds is 7. The average molecular weight is 335 g/mol. The summed E-state index contributed by atoms with van der Waals surface area (Å²) in [7, 11) is 1.24. The average Bonchev–Trinajstić information content (AvgIpc) is 3.02. The van der Waals surface area contributed by atoms with E-state index < -0.39 is 5.97 Å². The summed E-state index contributed by atoms with van der Waals surface area (Å²) in [5.41, 5.74) is 1.23. The van der Waals surface area contributed by atoms with Crippen molar-refractivity contribution in [1.29, 1.82) is 0 Å². The second kappa shape index (κ2) is 8.23. The lowest BCUT2D eigenvalue weighted by molar-refractivity contribution is -0.118. The maximum absolute atomic E-state index is 11.8. The molecule has 0 fully saturated rings. The van der Waals surface area contributed by atoms with Gasteiger partial charge < -0.3 is 9.47 Å². The number of amides is 1. The van der Waals surface area contributed by atoms with Crippen LogP contribution < -0.4 is 10.1 Å². The third kappa shape index (κ3) is 5.03. The zero-order valence-electron chi connectivity index (χ0n) is 12.9. The molecule has 0 bridgehead atoms. The molecule has 0 atom stereocenters. The number of ether oxygens (including phenoxy) is 2. The maximum Gasteiger partial charge on any atom is 0.377 e. The molecule has 0 unspecified atom stereocenters. The van der Waals surface area contributed by atoms with Crippen molar-refractivity contribution in [3.63, 3.8) is 0 Å². The Hall–Kier alpha value is -2.48. The summed E-state index contributed by atoms with van der Waals surface area (Å²) in [4.78, 5) is 26.9. The van der Waals surface area contributed by atoms with Gasteiger partial charge in [0.15, 0.2) is 6.61 Å². The van der Waals surface area contributed by atoms with Gasteiger partial charge in [-0.2, -0.15) is 9.36 Å². The van der Waals surface area contributed by atoms with E-state index in [0.29, 0.717) is 5.75 Å². The van der Waals surface area contributed by atoms with Crippen LogP contribution in [0.2, 0.25) is 0 Å². The molecule has 2 aromatic rings. The fourth-order valence-corrected chi connectivity index (χ4v) is 2.37. The minimum absolute atomic E-state index is 0.0831. The highest BCUT2D eigenvalue weighted by Crippen LogP contribution is 2.14.